The number of pyridine rings is 1. The van der Waals surface area contributed by atoms with Crippen LogP contribution in [0.1, 0.15) is 39.0 Å². The maximum atomic E-state index is 12.1. The van der Waals surface area contributed by atoms with Gasteiger partial charge in [0.1, 0.15) is 5.75 Å². The molecule has 0 saturated carbocycles. The summed E-state index contributed by atoms with van der Waals surface area (Å²) < 4.78 is 5.45. The zero-order valence-electron chi connectivity index (χ0n) is 17.6. The van der Waals surface area contributed by atoms with Crippen LogP contribution in [-0.4, -0.2) is 29.1 Å². The summed E-state index contributed by atoms with van der Waals surface area (Å²) in [5.74, 6) is 0.728. The van der Waals surface area contributed by atoms with E-state index in [4.69, 9.17) is 4.74 Å². The molecule has 7 heteroatoms. The number of anilines is 1. The van der Waals surface area contributed by atoms with E-state index in [1.54, 1.807) is 19.4 Å². The number of ether oxygens (including phenoxy) is 1. The Kier molecular flexibility index (Phi) is 6.22. The number of hydrogen-bond acceptors (Lipinski definition) is 5. The van der Waals surface area contributed by atoms with Crippen molar-refractivity contribution in [2.24, 2.45) is 0 Å². The molecule has 0 aliphatic rings. The highest BCUT2D eigenvalue weighted by molar-refractivity contribution is 7.17. The second-order valence-electron chi connectivity index (χ2n) is 7.19. The summed E-state index contributed by atoms with van der Waals surface area (Å²) in [4.78, 5) is 31.1. The Hall–Kier alpha value is -3.19. The van der Waals surface area contributed by atoms with Gasteiger partial charge in [-0.3, -0.25) is 14.7 Å². The van der Waals surface area contributed by atoms with Gasteiger partial charge < -0.3 is 9.84 Å². The highest BCUT2D eigenvalue weighted by atomic mass is 32.1. The summed E-state index contributed by atoms with van der Waals surface area (Å²) in [6, 6.07) is 9.33. The lowest BCUT2D eigenvalue weighted by molar-refractivity contribution is 0.102. The first kappa shape index (κ1) is 21.5. The lowest BCUT2D eigenvalue weighted by atomic mass is 10.1. The van der Waals surface area contributed by atoms with Crippen LogP contribution in [0.25, 0.3) is 10.4 Å². The van der Waals surface area contributed by atoms with E-state index in [1.807, 2.05) is 45.0 Å². The Labute approximate surface area is 179 Å². The second-order valence-corrected chi connectivity index (χ2v) is 8.28. The molecule has 30 heavy (non-hydrogen) atoms. The summed E-state index contributed by atoms with van der Waals surface area (Å²) in [6.45, 7) is 7.34. The fourth-order valence-corrected chi connectivity index (χ4v) is 4.28. The fourth-order valence-electron chi connectivity index (χ4n) is 3.39. The lowest BCUT2D eigenvalue weighted by Crippen LogP contribution is -2.29. The van der Waals surface area contributed by atoms with E-state index in [0.717, 1.165) is 27.1 Å². The summed E-state index contributed by atoms with van der Waals surface area (Å²) in [5, 5.41) is 9.91. The van der Waals surface area contributed by atoms with E-state index in [0.29, 0.717) is 22.0 Å². The van der Waals surface area contributed by atoms with Crippen molar-refractivity contribution < 1.29 is 19.4 Å². The number of benzene rings is 1. The molecular weight excluding hydrogens is 400 g/mol. The molecule has 1 N–H and O–H groups in total. The molecule has 0 unspecified atom stereocenters. The summed E-state index contributed by atoms with van der Waals surface area (Å²) in [7, 11) is 1.59. The normalized spacial score (nSPS) is 10.7. The van der Waals surface area contributed by atoms with E-state index in [1.165, 1.54) is 23.2 Å². The quantitative estimate of drug-likeness (QED) is 0.519. The van der Waals surface area contributed by atoms with Crippen LogP contribution in [0.5, 0.6) is 5.75 Å². The molecule has 3 aromatic rings. The molecule has 6 nitrogen and oxygen atoms in total. The van der Waals surface area contributed by atoms with Crippen molar-refractivity contribution in [1.82, 2.24) is 4.98 Å². The number of nitrogens with zero attached hydrogens (tertiary/aromatic N) is 2. The topological polar surface area (TPSA) is 79.7 Å². The van der Waals surface area contributed by atoms with Gasteiger partial charge in [0, 0.05) is 27.9 Å². The van der Waals surface area contributed by atoms with Crippen LogP contribution in [-0.2, 0) is 6.54 Å². The van der Waals surface area contributed by atoms with Gasteiger partial charge in [0.05, 0.1) is 24.2 Å². The molecule has 0 fully saturated rings. The predicted molar refractivity (Wildman–Crippen MR) is 119 cm³/mol. The maximum Gasteiger partial charge on any atom is 0.412 e. The van der Waals surface area contributed by atoms with Crippen LogP contribution in [0.2, 0.25) is 0 Å². The van der Waals surface area contributed by atoms with E-state index >= 15 is 0 Å². The minimum absolute atomic E-state index is 0.0150. The Balaban J connectivity index is 2.02. The summed E-state index contributed by atoms with van der Waals surface area (Å²) in [5.41, 5.74) is 4.71. The highest BCUT2D eigenvalue weighted by Crippen LogP contribution is 2.33. The molecule has 3 rings (SSSR count). The van der Waals surface area contributed by atoms with Crippen LogP contribution in [0.3, 0.4) is 0 Å². The zero-order chi connectivity index (χ0) is 22.0. The lowest BCUT2D eigenvalue weighted by Gasteiger charge is -2.22. The molecule has 0 spiro atoms. The van der Waals surface area contributed by atoms with Crippen molar-refractivity contribution in [3.8, 4) is 16.2 Å². The fraction of sp³-hybridized carbons (Fsp3) is 0.261. The SMILES string of the molecule is COc1c(C)cnc(CN(C(=O)O)c2cc(C)cc(-c3ccc(C(C)=O)s3)c2)c1C. The van der Waals surface area contributed by atoms with Gasteiger partial charge in [-0.1, -0.05) is 6.07 Å². The van der Waals surface area contributed by atoms with Crippen molar-refractivity contribution in [3.63, 3.8) is 0 Å². The highest BCUT2D eigenvalue weighted by Gasteiger charge is 2.20. The van der Waals surface area contributed by atoms with Gasteiger partial charge in [0.2, 0.25) is 0 Å². The van der Waals surface area contributed by atoms with Gasteiger partial charge in [0.15, 0.2) is 5.78 Å². The second kappa shape index (κ2) is 8.67. The maximum absolute atomic E-state index is 12.1. The van der Waals surface area contributed by atoms with E-state index in [2.05, 4.69) is 4.98 Å². The van der Waals surface area contributed by atoms with Crippen LogP contribution in [0, 0.1) is 20.8 Å². The standard InChI is InChI=1S/C23H24N2O4S/c1-13-8-17(21-7-6-20(30-21)16(4)26)10-18(9-13)25(23(27)28)12-19-15(3)22(29-5)14(2)11-24-19/h6-11H,12H2,1-5H3,(H,27,28). The van der Waals surface area contributed by atoms with Crippen LogP contribution >= 0.6 is 11.3 Å². The van der Waals surface area contributed by atoms with Gasteiger partial charge in [-0.2, -0.15) is 0 Å². The monoisotopic (exact) mass is 424 g/mol. The number of rotatable bonds is 6. The minimum Gasteiger partial charge on any atom is -0.496 e. The summed E-state index contributed by atoms with van der Waals surface area (Å²) >= 11 is 1.40. The first-order chi connectivity index (χ1) is 14.2. The molecule has 0 aliphatic heterocycles. The molecule has 2 aromatic heterocycles. The number of Topliss-reactive ketones (excluding diaryl/α,β-unsaturated/α-hetero) is 1. The average molecular weight is 425 g/mol. The van der Waals surface area contributed by atoms with Crippen LogP contribution in [0.4, 0.5) is 10.5 Å². The first-order valence-electron chi connectivity index (χ1n) is 9.43. The molecule has 2 heterocycles. The number of ketones is 1. The summed E-state index contributed by atoms with van der Waals surface area (Å²) in [6.07, 6.45) is 0.626. The first-order valence-corrected chi connectivity index (χ1v) is 10.2. The molecule has 1 aromatic carbocycles. The van der Waals surface area contributed by atoms with Crippen LogP contribution in [0.15, 0.2) is 36.5 Å². The third-order valence-electron chi connectivity index (χ3n) is 4.90. The molecule has 0 aliphatic carbocycles. The number of carbonyl (C=O) groups excluding carboxylic acids is 1. The number of thiophene rings is 1. The van der Waals surface area contributed by atoms with E-state index in [-0.39, 0.29) is 12.3 Å². The van der Waals surface area contributed by atoms with Gasteiger partial charge in [-0.15, -0.1) is 11.3 Å². The average Bonchev–Trinajstić information content (AvgIpc) is 3.18. The van der Waals surface area contributed by atoms with Gasteiger partial charge in [-0.25, -0.2) is 4.79 Å². The van der Waals surface area contributed by atoms with Gasteiger partial charge >= 0.3 is 6.09 Å². The Bertz CT molecular complexity index is 1120. The zero-order valence-corrected chi connectivity index (χ0v) is 18.5. The van der Waals surface area contributed by atoms with E-state index < -0.39 is 6.09 Å². The Morgan fingerprint density at radius 1 is 1.17 bits per heavy atom. The molecule has 156 valence electrons. The third kappa shape index (κ3) is 4.36. The predicted octanol–water partition coefficient (Wildman–Crippen LogP) is 5.63. The van der Waals surface area contributed by atoms with Crippen molar-refractivity contribution in [1.29, 1.82) is 0 Å². The Morgan fingerprint density at radius 2 is 1.90 bits per heavy atom. The Morgan fingerprint density at radius 3 is 2.50 bits per heavy atom. The number of carbonyl (C=O) groups is 2. The van der Waals surface area contributed by atoms with Crippen molar-refractivity contribution >= 4 is 28.9 Å². The van der Waals surface area contributed by atoms with Crippen molar-refractivity contribution in [2.75, 3.05) is 12.0 Å². The largest absolute Gasteiger partial charge is 0.496 e. The van der Waals surface area contributed by atoms with E-state index in [9.17, 15) is 14.7 Å². The molecular formula is C23H24N2O4S. The molecule has 1 amide bonds. The number of methoxy groups -OCH3 is 1. The van der Waals surface area contributed by atoms with Gasteiger partial charge in [0.25, 0.3) is 0 Å². The third-order valence-corrected chi connectivity index (χ3v) is 6.14. The van der Waals surface area contributed by atoms with Crippen molar-refractivity contribution in [3.05, 3.63) is 63.8 Å². The number of hydrogen-bond donors (Lipinski definition) is 1. The smallest absolute Gasteiger partial charge is 0.412 e. The number of carboxylic acid groups (broad SMARTS) is 1. The molecule has 0 atom stereocenters. The number of amides is 1. The molecule has 0 radical (unpaired) electrons. The molecule has 0 bridgehead atoms. The minimum atomic E-state index is -1.07. The van der Waals surface area contributed by atoms with Gasteiger partial charge in [-0.05, 0) is 63.1 Å². The van der Waals surface area contributed by atoms with Crippen molar-refractivity contribution in [2.45, 2.75) is 34.2 Å². The number of aryl methyl sites for hydroxylation is 2. The number of aromatic nitrogens is 1. The molecule has 0 saturated heterocycles. The van der Waals surface area contributed by atoms with Crippen LogP contribution < -0.4 is 9.64 Å².